The maximum absolute atomic E-state index is 12.3. The van der Waals surface area contributed by atoms with Crippen molar-refractivity contribution in [2.24, 2.45) is 0 Å². The third-order valence-corrected chi connectivity index (χ3v) is 4.05. The summed E-state index contributed by atoms with van der Waals surface area (Å²) in [5, 5.41) is 17.1. The fourth-order valence-electron chi connectivity index (χ4n) is 2.79. The minimum atomic E-state index is -1.07. The molecule has 7 nitrogen and oxygen atoms in total. The normalized spacial score (nSPS) is 12.2. The number of para-hydroxylation sites is 1. The minimum Gasteiger partial charge on any atom is -0.480 e. The number of aliphatic carboxylic acids is 1. The van der Waals surface area contributed by atoms with Crippen LogP contribution in [0.2, 0.25) is 0 Å². The Balaban J connectivity index is 1.74. The molecular weight excluding hydrogens is 320 g/mol. The first-order valence-corrected chi connectivity index (χ1v) is 8.19. The Hall–Kier alpha value is -3.09. The number of aromatic nitrogens is 3. The van der Waals surface area contributed by atoms with Crippen LogP contribution in [0.3, 0.4) is 0 Å². The highest BCUT2D eigenvalue weighted by Gasteiger charge is 2.23. The number of hydrogen-bond acceptors (Lipinski definition) is 3. The van der Waals surface area contributed by atoms with Gasteiger partial charge in [-0.2, -0.15) is 5.10 Å². The first-order chi connectivity index (χ1) is 12.1. The van der Waals surface area contributed by atoms with Crippen molar-refractivity contribution in [3.63, 3.8) is 0 Å². The number of nitrogens with zero attached hydrogens (tertiary/aromatic N) is 2. The highest BCUT2D eigenvalue weighted by molar-refractivity contribution is 5.96. The number of fused-ring (bicyclic) bond motifs is 1. The predicted molar refractivity (Wildman–Crippen MR) is 93.4 cm³/mol. The Morgan fingerprint density at radius 1 is 1.36 bits per heavy atom. The van der Waals surface area contributed by atoms with Crippen molar-refractivity contribution < 1.29 is 14.7 Å². The monoisotopic (exact) mass is 340 g/mol. The predicted octanol–water partition coefficient (Wildman–Crippen LogP) is 2.20. The van der Waals surface area contributed by atoms with Gasteiger partial charge in [0.25, 0.3) is 5.91 Å². The Bertz CT molecular complexity index is 897. The summed E-state index contributed by atoms with van der Waals surface area (Å²) in [7, 11) is 0. The summed E-state index contributed by atoms with van der Waals surface area (Å²) in [6.45, 7) is 2.73. The van der Waals surface area contributed by atoms with E-state index in [1.807, 2.05) is 31.2 Å². The van der Waals surface area contributed by atoms with Gasteiger partial charge in [0.2, 0.25) is 0 Å². The summed E-state index contributed by atoms with van der Waals surface area (Å²) in [6, 6.07) is 6.65. The molecule has 1 unspecified atom stereocenters. The third-order valence-electron chi connectivity index (χ3n) is 4.05. The number of benzene rings is 1. The van der Waals surface area contributed by atoms with E-state index < -0.39 is 17.9 Å². The largest absolute Gasteiger partial charge is 0.480 e. The van der Waals surface area contributed by atoms with Crippen molar-refractivity contribution in [3.8, 4) is 0 Å². The van der Waals surface area contributed by atoms with E-state index in [0.29, 0.717) is 12.1 Å². The molecule has 3 rings (SSSR count). The quantitative estimate of drug-likeness (QED) is 0.614. The summed E-state index contributed by atoms with van der Waals surface area (Å²) < 4.78 is 1.67. The molecule has 1 atom stereocenters. The number of carbonyl (C=O) groups is 2. The van der Waals surface area contributed by atoms with Gasteiger partial charge >= 0.3 is 5.97 Å². The summed E-state index contributed by atoms with van der Waals surface area (Å²) in [6.07, 6.45) is 5.97. The molecule has 0 aliphatic heterocycles. The van der Waals surface area contributed by atoms with Gasteiger partial charge in [-0.15, -0.1) is 0 Å². The van der Waals surface area contributed by atoms with Gasteiger partial charge in [-0.25, -0.2) is 4.79 Å². The highest BCUT2D eigenvalue weighted by Crippen LogP contribution is 2.19. The maximum Gasteiger partial charge on any atom is 0.326 e. The lowest BCUT2D eigenvalue weighted by molar-refractivity contribution is -0.139. The standard InChI is InChI=1S/C18H20N4O3/c1-2-7-22-11-13(10-20-22)17(23)21-16(18(24)25)8-12-9-19-15-6-4-3-5-14(12)15/h3-6,9-11,16,19H,2,7-8H2,1H3,(H,21,23)(H,24,25). The number of hydrogen-bond donors (Lipinski definition) is 3. The summed E-state index contributed by atoms with van der Waals surface area (Å²) >= 11 is 0. The molecule has 3 N–H and O–H groups in total. The van der Waals surface area contributed by atoms with E-state index in [2.05, 4.69) is 15.4 Å². The van der Waals surface area contributed by atoms with Gasteiger partial charge in [0.1, 0.15) is 6.04 Å². The van der Waals surface area contributed by atoms with Crippen LogP contribution in [0.25, 0.3) is 10.9 Å². The maximum atomic E-state index is 12.3. The van der Waals surface area contributed by atoms with E-state index >= 15 is 0 Å². The Kier molecular flexibility index (Phi) is 4.83. The summed E-state index contributed by atoms with van der Waals surface area (Å²) in [4.78, 5) is 27.0. The van der Waals surface area contributed by atoms with Gasteiger partial charge in [0.05, 0.1) is 11.8 Å². The molecule has 0 spiro atoms. The van der Waals surface area contributed by atoms with Gasteiger partial charge < -0.3 is 15.4 Å². The molecule has 3 aromatic rings. The molecule has 0 bridgehead atoms. The fraction of sp³-hybridized carbons (Fsp3) is 0.278. The van der Waals surface area contributed by atoms with Gasteiger partial charge in [-0.3, -0.25) is 9.48 Å². The highest BCUT2D eigenvalue weighted by atomic mass is 16.4. The van der Waals surface area contributed by atoms with E-state index in [-0.39, 0.29) is 6.42 Å². The van der Waals surface area contributed by atoms with E-state index in [9.17, 15) is 14.7 Å². The number of nitrogens with one attached hydrogen (secondary N) is 2. The van der Waals surface area contributed by atoms with Crippen LogP contribution in [-0.4, -0.2) is 37.8 Å². The zero-order valence-electron chi connectivity index (χ0n) is 13.9. The SMILES string of the molecule is CCCn1cc(C(=O)NC(Cc2c[nH]c3ccccc23)C(=O)O)cn1. The van der Waals surface area contributed by atoms with Crippen LogP contribution in [0.4, 0.5) is 0 Å². The third kappa shape index (κ3) is 3.71. The number of rotatable bonds is 7. The smallest absolute Gasteiger partial charge is 0.326 e. The Labute approximate surface area is 144 Å². The lowest BCUT2D eigenvalue weighted by atomic mass is 10.0. The molecule has 1 amide bonds. The minimum absolute atomic E-state index is 0.203. The average Bonchev–Trinajstić information content (AvgIpc) is 3.22. The van der Waals surface area contributed by atoms with Gasteiger partial charge in [-0.05, 0) is 18.1 Å². The zero-order valence-corrected chi connectivity index (χ0v) is 13.9. The van der Waals surface area contributed by atoms with Crippen molar-refractivity contribution in [3.05, 3.63) is 54.0 Å². The Morgan fingerprint density at radius 3 is 2.92 bits per heavy atom. The molecule has 25 heavy (non-hydrogen) atoms. The van der Waals surface area contributed by atoms with Gasteiger partial charge in [0, 0.05) is 36.3 Å². The van der Waals surface area contributed by atoms with Crippen molar-refractivity contribution in [2.75, 3.05) is 0 Å². The number of amides is 1. The lowest BCUT2D eigenvalue weighted by Crippen LogP contribution is -2.42. The van der Waals surface area contributed by atoms with Crippen molar-refractivity contribution in [1.29, 1.82) is 0 Å². The second-order valence-electron chi connectivity index (χ2n) is 5.92. The van der Waals surface area contributed by atoms with E-state index in [1.165, 1.54) is 6.20 Å². The van der Waals surface area contributed by atoms with Crippen molar-refractivity contribution in [2.45, 2.75) is 32.4 Å². The summed E-state index contributed by atoms with van der Waals surface area (Å²) in [5.74, 6) is -1.51. The van der Waals surface area contributed by atoms with Crippen molar-refractivity contribution >= 4 is 22.8 Å². The number of carbonyl (C=O) groups excluding carboxylic acids is 1. The van der Waals surface area contributed by atoms with Crippen LogP contribution in [-0.2, 0) is 17.8 Å². The van der Waals surface area contributed by atoms with Crippen LogP contribution < -0.4 is 5.32 Å². The molecule has 0 fully saturated rings. The summed E-state index contributed by atoms with van der Waals surface area (Å²) in [5.41, 5.74) is 2.15. The molecule has 2 aromatic heterocycles. The molecule has 0 aliphatic rings. The molecule has 2 heterocycles. The van der Waals surface area contributed by atoms with Gasteiger partial charge in [0.15, 0.2) is 0 Å². The second kappa shape index (κ2) is 7.21. The van der Waals surface area contributed by atoms with E-state index in [0.717, 1.165) is 22.9 Å². The number of carboxylic acids is 1. The molecule has 0 aliphatic carbocycles. The van der Waals surface area contributed by atoms with Crippen molar-refractivity contribution in [1.82, 2.24) is 20.1 Å². The zero-order chi connectivity index (χ0) is 17.8. The molecule has 0 radical (unpaired) electrons. The van der Waals surface area contributed by atoms with Crippen LogP contribution in [0.1, 0.15) is 29.3 Å². The van der Waals surface area contributed by atoms with Crippen LogP contribution in [0.5, 0.6) is 0 Å². The number of aryl methyl sites for hydroxylation is 1. The topological polar surface area (TPSA) is 100 Å². The van der Waals surface area contributed by atoms with E-state index in [4.69, 9.17) is 0 Å². The molecule has 7 heteroatoms. The molecule has 1 aromatic carbocycles. The lowest BCUT2D eigenvalue weighted by Gasteiger charge is -2.13. The molecule has 130 valence electrons. The average molecular weight is 340 g/mol. The molecule has 0 saturated carbocycles. The second-order valence-corrected chi connectivity index (χ2v) is 5.92. The fourth-order valence-corrected chi connectivity index (χ4v) is 2.79. The first-order valence-electron chi connectivity index (χ1n) is 8.19. The van der Waals surface area contributed by atoms with Crippen LogP contribution in [0.15, 0.2) is 42.9 Å². The van der Waals surface area contributed by atoms with Crippen LogP contribution in [0, 0.1) is 0 Å². The number of aromatic amines is 1. The van der Waals surface area contributed by atoms with E-state index in [1.54, 1.807) is 17.1 Å². The van der Waals surface area contributed by atoms with Gasteiger partial charge in [-0.1, -0.05) is 25.1 Å². The number of H-pyrrole nitrogens is 1. The Morgan fingerprint density at radius 2 is 2.16 bits per heavy atom. The first kappa shape index (κ1) is 16.8. The molecular formula is C18H20N4O3. The number of carboxylic acid groups (broad SMARTS) is 1. The van der Waals surface area contributed by atoms with Crippen LogP contribution >= 0.6 is 0 Å². The molecule has 0 saturated heterocycles.